The molecule has 1 N–H and O–H groups in total. The van der Waals surface area contributed by atoms with Crippen molar-refractivity contribution < 1.29 is 4.79 Å². The van der Waals surface area contributed by atoms with Crippen LogP contribution in [0.3, 0.4) is 0 Å². The zero-order valence-corrected chi connectivity index (χ0v) is 11.2. The van der Waals surface area contributed by atoms with Crippen LogP contribution < -0.4 is 5.32 Å². The van der Waals surface area contributed by atoms with E-state index in [0.717, 1.165) is 19.5 Å². The predicted octanol–water partition coefficient (Wildman–Crippen LogP) is 0.535. The molecule has 1 fully saturated rings. The van der Waals surface area contributed by atoms with Gasteiger partial charge in [-0.2, -0.15) is 0 Å². The molecule has 1 amide bonds. The number of nitrogens with zero attached hydrogens (tertiary/aromatic N) is 2. The summed E-state index contributed by atoms with van der Waals surface area (Å²) >= 11 is 0. The van der Waals surface area contributed by atoms with Crippen molar-refractivity contribution in [2.45, 2.75) is 45.3 Å². The maximum Gasteiger partial charge on any atom is 0.241 e. The second-order valence-corrected chi connectivity index (χ2v) is 5.01. The van der Waals surface area contributed by atoms with Crippen molar-refractivity contribution in [3.63, 3.8) is 0 Å². The second-order valence-electron chi connectivity index (χ2n) is 5.01. The van der Waals surface area contributed by atoms with Crippen LogP contribution in [0.1, 0.15) is 27.2 Å². The summed E-state index contributed by atoms with van der Waals surface area (Å²) < 4.78 is 0. The number of likely N-dealkylation sites (N-methyl/N-ethyl adjacent to an activating group) is 2. The Hall–Kier alpha value is -0.610. The molecule has 0 aromatic heterocycles. The molecule has 0 radical (unpaired) electrons. The zero-order valence-electron chi connectivity index (χ0n) is 11.2. The highest BCUT2D eigenvalue weighted by molar-refractivity contribution is 5.82. The topological polar surface area (TPSA) is 35.6 Å². The highest BCUT2D eigenvalue weighted by Crippen LogP contribution is 2.19. The molecule has 94 valence electrons. The van der Waals surface area contributed by atoms with E-state index in [0.29, 0.717) is 12.1 Å². The first-order valence-corrected chi connectivity index (χ1v) is 6.16. The van der Waals surface area contributed by atoms with Gasteiger partial charge in [-0.1, -0.05) is 0 Å². The van der Waals surface area contributed by atoms with Crippen LogP contribution >= 0.6 is 0 Å². The van der Waals surface area contributed by atoms with Gasteiger partial charge in [0.05, 0.1) is 0 Å². The first-order chi connectivity index (χ1) is 7.49. The van der Waals surface area contributed by atoms with Gasteiger partial charge in [-0.05, 0) is 34.2 Å². The van der Waals surface area contributed by atoms with Crippen molar-refractivity contribution >= 4 is 5.91 Å². The van der Waals surface area contributed by atoms with E-state index in [-0.39, 0.29) is 11.9 Å². The minimum absolute atomic E-state index is 0.0208. The summed E-state index contributed by atoms with van der Waals surface area (Å²) in [5.74, 6) is 0.243. The highest BCUT2D eigenvalue weighted by Gasteiger charge is 2.35. The van der Waals surface area contributed by atoms with Gasteiger partial charge in [-0.3, -0.25) is 9.69 Å². The summed E-state index contributed by atoms with van der Waals surface area (Å²) in [5.41, 5.74) is 0. The van der Waals surface area contributed by atoms with E-state index in [9.17, 15) is 4.79 Å². The van der Waals surface area contributed by atoms with Crippen LogP contribution in [0.15, 0.2) is 0 Å². The third-order valence-electron chi connectivity index (χ3n) is 3.41. The lowest BCUT2D eigenvalue weighted by atomic mass is 10.1. The average Bonchev–Trinajstić information content (AvgIpc) is 2.32. The molecule has 1 heterocycles. The molecular weight excluding hydrogens is 202 g/mol. The number of rotatable bonds is 3. The Bertz CT molecular complexity index is 242. The average molecular weight is 227 g/mol. The Balaban J connectivity index is 2.93. The van der Waals surface area contributed by atoms with Crippen molar-refractivity contribution in [1.29, 1.82) is 0 Å². The van der Waals surface area contributed by atoms with E-state index in [2.05, 4.69) is 31.0 Å². The SMILES string of the molecule is CNCC1C(=O)N(C)CCC(C)N1C(C)C. The fourth-order valence-corrected chi connectivity index (χ4v) is 2.58. The molecule has 1 aliphatic heterocycles. The Morgan fingerprint density at radius 3 is 2.62 bits per heavy atom. The largest absolute Gasteiger partial charge is 0.344 e. The fourth-order valence-electron chi connectivity index (χ4n) is 2.58. The molecule has 4 heteroatoms. The van der Waals surface area contributed by atoms with E-state index < -0.39 is 0 Å². The lowest BCUT2D eigenvalue weighted by Gasteiger charge is -2.36. The Kier molecular flexibility index (Phi) is 4.74. The van der Waals surface area contributed by atoms with Crippen LogP contribution in [-0.2, 0) is 4.79 Å². The third kappa shape index (κ3) is 2.74. The monoisotopic (exact) mass is 227 g/mol. The Labute approximate surface area is 99.0 Å². The molecule has 1 aliphatic rings. The first-order valence-electron chi connectivity index (χ1n) is 6.16. The zero-order chi connectivity index (χ0) is 12.3. The summed E-state index contributed by atoms with van der Waals surface area (Å²) in [4.78, 5) is 16.4. The minimum Gasteiger partial charge on any atom is -0.344 e. The van der Waals surface area contributed by atoms with Gasteiger partial charge < -0.3 is 10.2 Å². The van der Waals surface area contributed by atoms with Gasteiger partial charge in [0.2, 0.25) is 5.91 Å². The molecule has 0 bridgehead atoms. The summed E-state index contributed by atoms with van der Waals surface area (Å²) in [6.45, 7) is 8.14. The molecule has 4 nitrogen and oxygen atoms in total. The van der Waals surface area contributed by atoms with E-state index in [4.69, 9.17) is 0 Å². The van der Waals surface area contributed by atoms with E-state index in [1.807, 2.05) is 19.0 Å². The molecule has 0 aromatic rings. The smallest absolute Gasteiger partial charge is 0.241 e. The minimum atomic E-state index is -0.0208. The normalized spacial score (nSPS) is 28.6. The lowest BCUT2D eigenvalue weighted by Crippen LogP contribution is -2.54. The quantitative estimate of drug-likeness (QED) is 0.764. The molecule has 2 atom stereocenters. The molecule has 0 spiro atoms. The summed E-state index contributed by atoms with van der Waals surface area (Å²) in [6.07, 6.45) is 1.06. The summed E-state index contributed by atoms with van der Waals surface area (Å²) in [7, 11) is 3.81. The van der Waals surface area contributed by atoms with Crippen molar-refractivity contribution in [2.75, 3.05) is 27.2 Å². The van der Waals surface area contributed by atoms with Gasteiger partial charge in [0.15, 0.2) is 0 Å². The van der Waals surface area contributed by atoms with Crippen molar-refractivity contribution in [3.05, 3.63) is 0 Å². The number of amides is 1. The number of nitrogens with one attached hydrogen (secondary N) is 1. The molecule has 0 aliphatic carbocycles. The van der Waals surface area contributed by atoms with Gasteiger partial charge in [-0.15, -0.1) is 0 Å². The molecule has 2 unspecified atom stereocenters. The standard InChI is InChI=1S/C12H25N3O/c1-9(2)15-10(3)6-7-14(5)12(16)11(15)8-13-4/h9-11,13H,6-8H2,1-5H3. The maximum absolute atomic E-state index is 12.2. The molecule has 0 aromatic carbocycles. The van der Waals surface area contributed by atoms with Crippen molar-refractivity contribution in [1.82, 2.24) is 15.1 Å². The third-order valence-corrected chi connectivity index (χ3v) is 3.41. The van der Waals surface area contributed by atoms with Gasteiger partial charge in [0.1, 0.15) is 6.04 Å². The molecule has 16 heavy (non-hydrogen) atoms. The van der Waals surface area contributed by atoms with Crippen LogP contribution in [-0.4, -0.2) is 61.0 Å². The first kappa shape index (κ1) is 13.5. The van der Waals surface area contributed by atoms with Crippen molar-refractivity contribution in [3.8, 4) is 0 Å². The lowest BCUT2D eigenvalue weighted by molar-refractivity contribution is -0.135. The maximum atomic E-state index is 12.2. The van der Waals surface area contributed by atoms with Gasteiger partial charge >= 0.3 is 0 Å². The van der Waals surface area contributed by atoms with Crippen LogP contribution in [0.4, 0.5) is 0 Å². The van der Waals surface area contributed by atoms with E-state index >= 15 is 0 Å². The van der Waals surface area contributed by atoms with Crippen molar-refractivity contribution in [2.24, 2.45) is 0 Å². The van der Waals surface area contributed by atoms with Crippen LogP contribution in [0.5, 0.6) is 0 Å². The van der Waals surface area contributed by atoms with E-state index in [1.54, 1.807) is 0 Å². The summed E-state index contributed by atoms with van der Waals surface area (Å²) in [6, 6.07) is 0.851. The predicted molar refractivity (Wildman–Crippen MR) is 66.4 cm³/mol. The molecule has 0 saturated carbocycles. The second kappa shape index (κ2) is 5.64. The summed E-state index contributed by atoms with van der Waals surface area (Å²) in [5, 5.41) is 3.13. The number of hydrogen-bond donors (Lipinski definition) is 1. The number of hydrogen-bond acceptors (Lipinski definition) is 3. The fraction of sp³-hybridized carbons (Fsp3) is 0.917. The van der Waals surface area contributed by atoms with Crippen LogP contribution in [0.25, 0.3) is 0 Å². The van der Waals surface area contributed by atoms with Crippen LogP contribution in [0.2, 0.25) is 0 Å². The van der Waals surface area contributed by atoms with Crippen LogP contribution in [0, 0.1) is 0 Å². The number of carbonyl (C=O) groups is 1. The Morgan fingerprint density at radius 2 is 2.12 bits per heavy atom. The van der Waals surface area contributed by atoms with Gasteiger partial charge in [0, 0.05) is 32.2 Å². The molecular formula is C12H25N3O. The number of carbonyl (C=O) groups excluding carboxylic acids is 1. The van der Waals surface area contributed by atoms with Gasteiger partial charge in [0.25, 0.3) is 0 Å². The molecule has 1 rings (SSSR count). The highest BCUT2D eigenvalue weighted by atomic mass is 16.2. The molecule has 1 saturated heterocycles. The van der Waals surface area contributed by atoms with Gasteiger partial charge in [-0.25, -0.2) is 0 Å². The van der Waals surface area contributed by atoms with E-state index in [1.165, 1.54) is 0 Å². The Morgan fingerprint density at radius 1 is 1.50 bits per heavy atom.